The second kappa shape index (κ2) is 5.46. The molecule has 5 rings (SSSR count). The Bertz CT molecular complexity index is 1170. The van der Waals surface area contributed by atoms with Crippen LogP contribution in [-0.2, 0) is 10.2 Å². The van der Waals surface area contributed by atoms with Gasteiger partial charge in [0.1, 0.15) is 0 Å². The number of ether oxygens (including phenoxy) is 1. The maximum absolute atomic E-state index is 6.30. The zero-order valence-electron chi connectivity index (χ0n) is 15.4. The van der Waals surface area contributed by atoms with Crippen LogP contribution in [0.4, 0.5) is 0 Å². The molecule has 4 aromatic carbocycles. The summed E-state index contributed by atoms with van der Waals surface area (Å²) in [5.74, 6) is 0. The van der Waals surface area contributed by atoms with Gasteiger partial charge in [-0.3, -0.25) is 0 Å². The van der Waals surface area contributed by atoms with Gasteiger partial charge in [0, 0.05) is 0 Å². The molecule has 0 fully saturated rings. The van der Waals surface area contributed by atoms with Gasteiger partial charge < -0.3 is 4.74 Å². The smallest absolute Gasteiger partial charge is 0.154 e. The van der Waals surface area contributed by atoms with Crippen LogP contribution in [0.25, 0.3) is 32.3 Å². The molecule has 0 aliphatic carbocycles. The summed E-state index contributed by atoms with van der Waals surface area (Å²) in [5.41, 5.74) is 2.16. The van der Waals surface area contributed by atoms with Crippen LogP contribution in [0.2, 0.25) is 0 Å². The summed E-state index contributed by atoms with van der Waals surface area (Å²) in [5, 5.41) is 7.84. The Labute approximate surface area is 154 Å². The van der Waals surface area contributed by atoms with Crippen molar-refractivity contribution in [2.24, 2.45) is 0 Å². The minimum Gasteiger partial charge on any atom is -0.368 e. The minimum atomic E-state index is -0.357. The fraction of sp³-hybridized carbons (Fsp3) is 0.167. The standard InChI is InChI=1S/C24H21BO/c1-15-14-24(25,26-16(15)2)17-11-12-22-20-9-4-3-7-18(20)19-8-5-6-10-21(19)23(22)13-17/h3-14,16H,25H2,1-2H3. The number of hydrogen-bond acceptors (Lipinski definition) is 1. The molecule has 0 N–H and O–H groups in total. The van der Waals surface area contributed by atoms with Gasteiger partial charge in [-0.2, -0.15) is 0 Å². The maximum atomic E-state index is 6.30. The highest BCUT2D eigenvalue weighted by molar-refractivity contribution is 6.25. The van der Waals surface area contributed by atoms with E-state index < -0.39 is 0 Å². The summed E-state index contributed by atoms with van der Waals surface area (Å²) in [6.07, 6.45) is 2.44. The van der Waals surface area contributed by atoms with E-state index in [2.05, 4.69) is 94.5 Å². The first-order valence-corrected chi connectivity index (χ1v) is 9.28. The van der Waals surface area contributed by atoms with Crippen LogP contribution in [0.15, 0.2) is 78.4 Å². The van der Waals surface area contributed by atoms with Gasteiger partial charge in [-0.15, -0.1) is 0 Å². The van der Waals surface area contributed by atoms with E-state index in [-0.39, 0.29) is 11.6 Å². The normalized spacial score (nSPS) is 23.0. The Kier molecular flexibility index (Phi) is 3.29. The molecule has 0 bridgehead atoms. The molecular formula is C24H21BO. The zero-order chi connectivity index (χ0) is 17.9. The highest BCUT2D eigenvalue weighted by atomic mass is 16.5. The fourth-order valence-corrected chi connectivity index (χ4v) is 4.41. The summed E-state index contributed by atoms with van der Waals surface area (Å²) < 4.78 is 6.30. The lowest BCUT2D eigenvalue weighted by Crippen LogP contribution is -2.26. The molecule has 4 aromatic rings. The lowest BCUT2D eigenvalue weighted by atomic mass is 9.74. The molecular weight excluding hydrogens is 315 g/mol. The van der Waals surface area contributed by atoms with E-state index >= 15 is 0 Å². The van der Waals surface area contributed by atoms with Gasteiger partial charge in [0.15, 0.2) is 7.85 Å². The molecule has 1 aliphatic rings. The quantitative estimate of drug-likeness (QED) is 0.260. The Balaban J connectivity index is 1.87. The first kappa shape index (κ1) is 15.7. The van der Waals surface area contributed by atoms with Crippen molar-refractivity contribution in [1.29, 1.82) is 0 Å². The topological polar surface area (TPSA) is 9.23 Å². The van der Waals surface area contributed by atoms with Crippen molar-refractivity contribution in [2.75, 3.05) is 0 Å². The third kappa shape index (κ3) is 2.15. The van der Waals surface area contributed by atoms with Crippen LogP contribution in [0.5, 0.6) is 0 Å². The lowest BCUT2D eigenvalue weighted by molar-refractivity contribution is 0.0363. The van der Waals surface area contributed by atoms with Crippen molar-refractivity contribution in [3.63, 3.8) is 0 Å². The molecule has 0 radical (unpaired) electrons. The molecule has 0 spiro atoms. The molecule has 1 heterocycles. The van der Waals surface area contributed by atoms with Crippen molar-refractivity contribution < 1.29 is 4.74 Å². The molecule has 26 heavy (non-hydrogen) atoms. The third-order valence-corrected chi connectivity index (χ3v) is 5.88. The summed E-state index contributed by atoms with van der Waals surface area (Å²) in [7, 11) is 2.17. The highest BCUT2D eigenvalue weighted by Gasteiger charge is 2.33. The molecule has 126 valence electrons. The largest absolute Gasteiger partial charge is 0.368 e. The van der Waals surface area contributed by atoms with Gasteiger partial charge in [0.25, 0.3) is 0 Å². The van der Waals surface area contributed by atoms with Crippen LogP contribution in [0.1, 0.15) is 19.4 Å². The number of fused-ring (bicyclic) bond motifs is 6. The van der Waals surface area contributed by atoms with E-state index in [0.29, 0.717) is 0 Å². The van der Waals surface area contributed by atoms with E-state index in [4.69, 9.17) is 4.74 Å². The average molecular weight is 336 g/mol. The van der Waals surface area contributed by atoms with Crippen LogP contribution in [0, 0.1) is 0 Å². The Morgan fingerprint density at radius 2 is 1.27 bits per heavy atom. The molecule has 2 unspecified atom stereocenters. The van der Waals surface area contributed by atoms with Crippen molar-refractivity contribution >= 4 is 40.2 Å². The maximum Gasteiger partial charge on any atom is 0.154 e. The molecule has 0 saturated carbocycles. The highest BCUT2D eigenvalue weighted by Crippen LogP contribution is 2.39. The van der Waals surface area contributed by atoms with Crippen LogP contribution in [0.3, 0.4) is 0 Å². The molecule has 1 aliphatic heterocycles. The molecule has 0 saturated heterocycles. The summed E-state index contributed by atoms with van der Waals surface area (Å²) in [4.78, 5) is 0. The van der Waals surface area contributed by atoms with Crippen LogP contribution < -0.4 is 0 Å². The number of benzene rings is 4. The predicted octanol–water partition coefficient (Wildman–Crippen LogP) is 5.30. The van der Waals surface area contributed by atoms with E-state index in [0.717, 1.165) is 0 Å². The van der Waals surface area contributed by atoms with Crippen molar-refractivity contribution in [3.05, 3.63) is 83.9 Å². The fourth-order valence-electron chi connectivity index (χ4n) is 4.41. The van der Waals surface area contributed by atoms with Crippen LogP contribution in [-0.4, -0.2) is 14.0 Å². The van der Waals surface area contributed by atoms with Gasteiger partial charge in [0.2, 0.25) is 0 Å². The first-order chi connectivity index (χ1) is 12.6. The van der Waals surface area contributed by atoms with E-state index in [1.807, 2.05) is 0 Å². The van der Waals surface area contributed by atoms with Crippen molar-refractivity contribution in [3.8, 4) is 0 Å². The second-order valence-electron chi connectivity index (χ2n) is 7.61. The van der Waals surface area contributed by atoms with Crippen LogP contribution >= 0.6 is 0 Å². The first-order valence-electron chi connectivity index (χ1n) is 9.28. The Hall–Kier alpha value is -2.58. The van der Waals surface area contributed by atoms with Crippen molar-refractivity contribution in [2.45, 2.75) is 25.5 Å². The Morgan fingerprint density at radius 3 is 1.77 bits per heavy atom. The SMILES string of the molecule is BC1(c2ccc3c4ccccc4c4ccccc4c3c2)C=C(C)C(C)O1. The minimum absolute atomic E-state index is 0.170. The van der Waals surface area contributed by atoms with E-state index in [1.165, 1.54) is 43.5 Å². The van der Waals surface area contributed by atoms with Crippen molar-refractivity contribution in [1.82, 2.24) is 0 Å². The predicted molar refractivity (Wildman–Crippen MR) is 113 cm³/mol. The van der Waals surface area contributed by atoms with E-state index in [1.54, 1.807) is 0 Å². The monoisotopic (exact) mass is 336 g/mol. The van der Waals surface area contributed by atoms with Gasteiger partial charge in [-0.05, 0) is 63.4 Å². The molecule has 2 heteroatoms. The van der Waals surface area contributed by atoms with Gasteiger partial charge in [0.05, 0.1) is 11.6 Å². The molecule has 1 nitrogen and oxygen atoms in total. The molecule has 2 atom stereocenters. The van der Waals surface area contributed by atoms with Gasteiger partial charge >= 0.3 is 0 Å². The zero-order valence-corrected chi connectivity index (χ0v) is 15.4. The molecule has 0 amide bonds. The summed E-state index contributed by atoms with van der Waals surface area (Å²) in [6.45, 7) is 4.28. The number of hydrogen-bond donors (Lipinski definition) is 0. The summed E-state index contributed by atoms with van der Waals surface area (Å²) in [6, 6.07) is 24.2. The van der Waals surface area contributed by atoms with Gasteiger partial charge in [-0.25, -0.2) is 0 Å². The third-order valence-electron chi connectivity index (χ3n) is 5.88. The number of rotatable bonds is 1. The lowest BCUT2D eigenvalue weighted by Gasteiger charge is -2.25. The average Bonchev–Trinajstić information content (AvgIpc) is 2.94. The summed E-state index contributed by atoms with van der Waals surface area (Å²) >= 11 is 0. The Morgan fingerprint density at radius 1 is 0.769 bits per heavy atom. The molecule has 0 aromatic heterocycles. The van der Waals surface area contributed by atoms with E-state index in [9.17, 15) is 0 Å². The van der Waals surface area contributed by atoms with Gasteiger partial charge in [-0.1, -0.05) is 66.7 Å². The second-order valence-corrected chi connectivity index (χ2v) is 7.61.